The molecule has 0 aliphatic carbocycles. The zero-order valence-corrected chi connectivity index (χ0v) is 23.8. The van der Waals surface area contributed by atoms with Crippen LogP contribution in [0.15, 0.2) is 29.3 Å². The highest BCUT2D eigenvalue weighted by Gasteiger charge is 2.30. The number of nitrogens with two attached hydrogens (primary N) is 4. The predicted octanol–water partition coefficient (Wildman–Crippen LogP) is -0.970. The zero-order valence-electron chi connectivity index (χ0n) is 23.8. The maximum absolute atomic E-state index is 13.5. The van der Waals surface area contributed by atoms with Gasteiger partial charge in [-0.25, -0.2) is 4.79 Å². The Bertz CT molecular complexity index is 1010. The second-order valence-electron chi connectivity index (χ2n) is 10.4. The molecule has 14 nitrogen and oxygen atoms in total. The summed E-state index contributed by atoms with van der Waals surface area (Å²) in [4.78, 5) is 55.0. The van der Waals surface area contributed by atoms with Gasteiger partial charge in [0.2, 0.25) is 17.7 Å². The molecule has 0 heterocycles. The van der Waals surface area contributed by atoms with E-state index in [4.69, 9.17) is 22.9 Å². The summed E-state index contributed by atoms with van der Waals surface area (Å²) < 4.78 is 0. The van der Waals surface area contributed by atoms with Gasteiger partial charge in [0.1, 0.15) is 23.9 Å². The van der Waals surface area contributed by atoms with Gasteiger partial charge in [0.25, 0.3) is 0 Å². The van der Waals surface area contributed by atoms with Crippen LogP contribution >= 0.6 is 0 Å². The number of carbonyl (C=O) groups is 4. The van der Waals surface area contributed by atoms with Crippen LogP contribution in [0, 0.1) is 5.92 Å². The molecule has 0 saturated carbocycles. The Labute approximate surface area is 240 Å². The topological polar surface area (TPSA) is 261 Å². The van der Waals surface area contributed by atoms with Crippen LogP contribution in [0.4, 0.5) is 0 Å². The summed E-state index contributed by atoms with van der Waals surface area (Å²) in [7, 11) is 0. The third-order valence-corrected chi connectivity index (χ3v) is 6.22. The molecule has 3 amide bonds. The number of aliphatic imine (C=N–C) groups is 1. The number of nitrogens with one attached hydrogen (secondary N) is 3. The minimum Gasteiger partial charge on any atom is -0.508 e. The Kier molecular flexibility index (Phi) is 15.8. The quantitative estimate of drug-likeness (QED) is 0.0551. The summed E-state index contributed by atoms with van der Waals surface area (Å²) in [6, 6.07) is 1.87. The normalized spacial score (nSPS) is 13.9. The van der Waals surface area contributed by atoms with E-state index in [1.165, 1.54) is 12.1 Å². The van der Waals surface area contributed by atoms with E-state index < -0.39 is 47.9 Å². The summed E-state index contributed by atoms with van der Waals surface area (Å²) in [5, 5.41) is 27.0. The first kappa shape index (κ1) is 35.1. The van der Waals surface area contributed by atoms with E-state index in [9.17, 15) is 29.4 Å². The smallest absolute Gasteiger partial charge is 0.326 e. The Balaban J connectivity index is 3.07. The molecule has 1 aromatic rings. The largest absolute Gasteiger partial charge is 0.508 e. The molecule has 0 saturated heterocycles. The molecule has 13 N–H and O–H groups in total. The lowest BCUT2D eigenvalue weighted by Crippen LogP contribution is -2.57. The number of benzene rings is 1. The number of amides is 3. The highest BCUT2D eigenvalue weighted by atomic mass is 16.4. The molecule has 1 rings (SSSR count). The van der Waals surface area contributed by atoms with Crippen molar-refractivity contribution in [3.05, 3.63) is 29.8 Å². The van der Waals surface area contributed by atoms with Gasteiger partial charge in [-0.15, -0.1) is 0 Å². The van der Waals surface area contributed by atoms with Crippen molar-refractivity contribution in [1.82, 2.24) is 16.0 Å². The SMILES string of the molecule is CC(C)CC(NC(=O)C(Cc1ccc(O)cc1)NC(=O)C(N)CCCN=C(N)N)C(=O)NC(CCCCN)C(=O)O. The molecular weight excluding hydrogens is 532 g/mol. The number of hydrogen-bond acceptors (Lipinski definition) is 8. The van der Waals surface area contributed by atoms with Crippen LogP contribution in [0.25, 0.3) is 0 Å². The zero-order chi connectivity index (χ0) is 30.9. The average molecular weight is 579 g/mol. The minimum atomic E-state index is -1.18. The maximum atomic E-state index is 13.5. The number of phenols is 1. The van der Waals surface area contributed by atoms with Gasteiger partial charge in [0.15, 0.2) is 5.96 Å². The van der Waals surface area contributed by atoms with Crippen LogP contribution in [-0.4, -0.2) is 77.1 Å². The van der Waals surface area contributed by atoms with E-state index in [0.717, 1.165) is 0 Å². The van der Waals surface area contributed by atoms with E-state index in [0.29, 0.717) is 31.4 Å². The molecular formula is C27H46N8O6. The van der Waals surface area contributed by atoms with Gasteiger partial charge >= 0.3 is 5.97 Å². The van der Waals surface area contributed by atoms with Gasteiger partial charge in [0.05, 0.1) is 6.04 Å². The first-order valence-electron chi connectivity index (χ1n) is 13.8. The van der Waals surface area contributed by atoms with E-state index >= 15 is 0 Å². The molecule has 4 atom stereocenters. The summed E-state index contributed by atoms with van der Waals surface area (Å²) in [5.74, 6) is -3.10. The highest BCUT2D eigenvalue weighted by Crippen LogP contribution is 2.13. The van der Waals surface area contributed by atoms with E-state index in [1.54, 1.807) is 12.1 Å². The molecule has 0 spiro atoms. The number of guanidine groups is 1. The van der Waals surface area contributed by atoms with Crippen molar-refractivity contribution in [3.63, 3.8) is 0 Å². The lowest BCUT2D eigenvalue weighted by atomic mass is 10.00. The van der Waals surface area contributed by atoms with Crippen molar-refractivity contribution < 1.29 is 29.4 Å². The van der Waals surface area contributed by atoms with Crippen LogP contribution in [-0.2, 0) is 25.6 Å². The van der Waals surface area contributed by atoms with Crippen molar-refractivity contribution in [2.75, 3.05) is 13.1 Å². The third-order valence-electron chi connectivity index (χ3n) is 6.22. The fourth-order valence-electron chi connectivity index (χ4n) is 4.00. The molecule has 0 aromatic heterocycles. The first-order valence-corrected chi connectivity index (χ1v) is 13.8. The standard InChI is InChI=1S/C27H46N8O6/c1-16(2)14-21(24(38)33-20(26(40)41)7-3-4-12-28)35-25(39)22(15-17-8-10-18(36)11-9-17)34-23(37)19(29)6-5-13-32-27(30)31/h8-11,16,19-22,36H,3-7,12-15,28-29H2,1-2H3,(H,33,38)(H,34,37)(H,35,39)(H,40,41)(H4,30,31,32). The Morgan fingerprint density at radius 2 is 1.44 bits per heavy atom. The first-order chi connectivity index (χ1) is 19.3. The van der Waals surface area contributed by atoms with E-state index in [-0.39, 0.29) is 49.9 Å². The van der Waals surface area contributed by atoms with Crippen molar-refractivity contribution in [2.45, 2.75) is 83.0 Å². The molecule has 0 fully saturated rings. The van der Waals surface area contributed by atoms with Gasteiger partial charge in [-0.3, -0.25) is 19.4 Å². The average Bonchev–Trinajstić information content (AvgIpc) is 2.90. The van der Waals surface area contributed by atoms with Crippen molar-refractivity contribution in [2.24, 2.45) is 33.8 Å². The number of carboxylic acid groups (broad SMARTS) is 1. The third kappa shape index (κ3) is 14.3. The molecule has 0 bridgehead atoms. The van der Waals surface area contributed by atoms with Crippen molar-refractivity contribution >= 4 is 29.7 Å². The summed E-state index contributed by atoms with van der Waals surface area (Å²) in [5.41, 5.74) is 22.8. The van der Waals surface area contributed by atoms with E-state index in [1.807, 2.05) is 13.8 Å². The second kappa shape index (κ2) is 18.4. The van der Waals surface area contributed by atoms with Gasteiger partial charge < -0.3 is 49.1 Å². The molecule has 14 heteroatoms. The van der Waals surface area contributed by atoms with Crippen LogP contribution < -0.4 is 38.9 Å². The maximum Gasteiger partial charge on any atom is 0.326 e. The number of unbranched alkanes of at least 4 members (excludes halogenated alkanes) is 1. The monoisotopic (exact) mass is 578 g/mol. The lowest BCUT2D eigenvalue weighted by molar-refractivity contribution is -0.142. The molecule has 0 aliphatic heterocycles. The van der Waals surface area contributed by atoms with Gasteiger partial charge in [-0.05, 0) is 68.7 Å². The Hall–Kier alpha value is -3.91. The number of carbonyl (C=O) groups excluding carboxylic acids is 3. The minimum absolute atomic E-state index is 0.0182. The number of rotatable bonds is 19. The van der Waals surface area contributed by atoms with Crippen LogP contribution in [0.3, 0.4) is 0 Å². The van der Waals surface area contributed by atoms with Gasteiger partial charge in [-0.1, -0.05) is 26.0 Å². The fraction of sp³-hybridized carbons (Fsp3) is 0.593. The molecule has 0 aliphatic rings. The highest BCUT2D eigenvalue weighted by molar-refractivity contribution is 5.94. The lowest BCUT2D eigenvalue weighted by Gasteiger charge is -2.26. The number of phenolic OH excluding ortho intramolecular Hbond substituents is 1. The Morgan fingerprint density at radius 3 is 2.00 bits per heavy atom. The molecule has 41 heavy (non-hydrogen) atoms. The number of aromatic hydroxyl groups is 1. The number of hydrogen-bond donors (Lipinski definition) is 9. The van der Waals surface area contributed by atoms with Crippen LogP contribution in [0.2, 0.25) is 0 Å². The number of aliphatic carboxylic acids is 1. The van der Waals surface area contributed by atoms with Crippen LogP contribution in [0.5, 0.6) is 5.75 Å². The molecule has 4 unspecified atom stereocenters. The van der Waals surface area contributed by atoms with Crippen molar-refractivity contribution in [1.29, 1.82) is 0 Å². The van der Waals surface area contributed by atoms with Gasteiger partial charge in [0, 0.05) is 13.0 Å². The second-order valence-corrected chi connectivity index (χ2v) is 10.4. The predicted molar refractivity (Wildman–Crippen MR) is 155 cm³/mol. The van der Waals surface area contributed by atoms with Gasteiger partial charge in [-0.2, -0.15) is 0 Å². The summed E-state index contributed by atoms with van der Waals surface area (Å²) in [6.45, 7) is 4.41. The van der Waals surface area contributed by atoms with Crippen molar-refractivity contribution in [3.8, 4) is 5.75 Å². The molecule has 1 aromatic carbocycles. The Morgan fingerprint density at radius 1 is 0.854 bits per heavy atom. The number of carboxylic acids is 1. The molecule has 230 valence electrons. The number of nitrogens with zero attached hydrogens (tertiary/aromatic N) is 1. The summed E-state index contributed by atoms with van der Waals surface area (Å²) in [6.07, 6.45) is 2.30. The van der Waals surface area contributed by atoms with E-state index in [2.05, 4.69) is 20.9 Å². The fourth-order valence-corrected chi connectivity index (χ4v) is 4.00. The molecule has 0 radical (unpaired) electrons. The van der Waals surface area contributed by atoms with Crippen LogP contribution in [0.1, 0.15) is 57.9 Å². The summed E-state index contributed by atoms with van der Waals surface area (Å²) >= 11 is 0.